The van der Waals surface area contributed by atoms with Gasteiger partial charge in [-0.15, -0.1) is 0 Å². The van der Waals surface area contributed by atoms with E-state index in [4.69, 9.17) is 11.6 Å². The quantitative estimate of drug-likeness (QED) is 0.854. The van der Waals surface area contributed by atoms with E-state index in [1.807, 2.05) is 49.1 Å². The zero-order valence-electron chi connectivity index (χ0n) is 14.3. The lowest BCUT2D eigenvalue weighted by atomic mass is 9.97. The Morgan fingerprint density at radius 1 is 1.42 bits per heavy atom. The van der Waals surface area contributed by atoms with Crippen LogP contribution < -0.4 is 4.90 Å². The van der Waals surface area contributed by atoms with Crippen LogP contribution in [0.5, 0.6) is 0 Å². The van der Waals surface area contributed by atoms with E-state index in [2.05, 4.69) is 16.8 Å². The highest BCUT2D eigenvalue weighted by atomic mass is 35.5. The molecule has 1 aliphatic heterocycles. The van der Waals surface area contributed by atoms with E-state index in [1.54, 1.807) is 11.1 Å². The molecule has 1 saturated heterocycles. The van der Waals surface area contributed by atoms with Gasteiger partial charge < -0.3 is 14.4 Å². The summed E-state index contributed by atoms with van der Waals surface area (Å²) in [7, 11) is 3.81. The van der Waals surface area contributed by atoms with E-state index in [9.17, 15) is 4.79 Å². The van der Waals surface area contributed by atoms with E-state index in [1.165, 1.54) is 0 Å². The molecule has 6 heteroatoms. The maximum Gasteiger partial charge on any atom is 0.227 e. The largest absolute Gasteiger partial charge is 0.356 e. The number of amides is 1. The van der Waals surface area contributed by atoms with Crippen molar-refractivity contribution in [3.05, 3.63) is 47.4 Å². The molecule has 1 aliphatic rings. The Kier molecular flexibility index (Phi) is 4.81. The summed E-state index contributed by atoms with van der Waals surface area (Å²) in [6.45, 7) is 4.28. The first-order valence-electron chi connectivity index (χ1n) is 8.17. The number of carbonyl (C=O) groups excluding carboxylic acids is 1. The smallest absolute Gasteiger partial charge is 0.227 e. The highest BCUT2D eigenvalue weighted by Crippen LogP contribution is 2.28. The van der Waals surface area contributed by atoms with Crippen molar-refractivity contribution in [1.82, 2.24) is 14.5 Å². The molecule has 0 N–H and O–H groups in total. The lowest BCUT2D eigenvalue weighted by Crippen LogP contribution is -2.36. The maximum absolute atomic E-state index is 12.9. The second-order valence-corrected chi connectivity index (χ2v) is 7.07. The zero-order chi connectivity index (χ0) is 17.3. The van der Waals surface area contributed by atoms with Gasteiger partial charge in [-0.3, -0.25) is 4.79 Å². The van der Waals surface area contributed by atoms with E-state index in [-0.39, 0.29) is 11.8 Å². The summed E-state index contributed by atoms with van der Waals surface area (Å²) in [6, 6.07) is 7.79. The first kappa shape index (κ1) is 16.8. The van der Waals surface area contributed by atoms with Crippen molar-refractivity contribution in [3.63, 3.8) is 0 Å². The van der Waals surface area contributed by atoms with Crippen LogP contribution in [0.4, 0.5) is 5.82 Å². The lowest BCUT2D eigenvalue weighted by Gasteiger charge is -2.23. The second kappa shape index (κ2) is 6.85. The number of pyridine rings is 1. The third kappa shape index (κ3) is 3.41. The fraction of sp³-hybridized carbons (Fsp3) is 0.444. The van der Waals surface area contributed by atoms with Crippen molar-refractivity contribution in [2.45, 2.75) is 13.5 Å². The molecule has 1 amide bonds. The molecule has 2 aromatic rings. The van der Waals surface area contributed by atoms with Crippen LogP contribution >= 0.6 is 11.6 Å². The first-order chi connectivity index (χ1) is 11.5. The Hall–Kier alpha value is -2.01. The highest BCUT2D eigenvalue weighted by Gasteiger charge is 2.36. The summed E-state index contributed by atoms with van der Waals surface area (Å²) in [5.41, 5.74) is 1.03. The van der Waals surface area contributed by atoms with Crippen LogP contribution in [0.2, 0.25) is 5.02 Å². The van der Waals surface area contributed by atoms with Gasteiger partial charge in [-0.2, -0.15) is 0 Å². The van der Waals surface area contributed by atoms with E-state index >= 15 is 0 Å². The standard InChI is InChI=1S/C18H23ClN4O/c1-13-9-23(17-6-4-5-7-20-17)12-16(13)18(24)22(3)11-15-8-14(19)10-21(15)2/h4-8,10,13,16H,9,11-12H2,1-3H3/t13-,16-/m1/s1. The third-order valence-electron chi connectivity index (χ3n) is 4.75. The Balaban J connectivity index is 1.67. The molecular weight excluding hydrogens is 324 g/mol. The van der Waals surface area contributed by atoms with Crippen LogP contribution in [-0.2, 0) is 18.4 Å². The Bertz CT molecular complexity index is 715. The molecule has 3 rings (SSSR count). The molecule has 0 saturated carbocycles. The van der Waals surface area contributed by atoms with Crippen LogP contribution in [0.1, 0.15) is 12.6 Å². The van der Waals surface area contributed by atoms with Gasteiger partial charge in [0.15, 0.2) is 0 Å². The number of rotatable bonds is 4. The molecule has 1 fully saturated rings. The number of hydrogen-bond donors (Lipinski definition) is 0. The van der Waals surface area contributed by atoms with Gasteiger partial charge in [-0.25, -0.2) is 4.98 Å². The van der Waals surface area contributed by atoms with Crippen molar-refractivity contribution < 1.29 is 4.79 Å². The summed E-state index contributed by atoms with van der Waals surface area (Å²) in [5, 5.41) is 0.698. The zero-order valence-corrected chi connectivity index (χ0v) is 15.1. The number of halogens is 1. The minimum Gasteiger partial charge on any atom is -0.356 e. The molecule has 0 spiro atoms. The summed E-state index contributed by atoms with van der Waals surface area (Å²) in [6.07, 6.45) is 3.65. The van der Waals surface area contributed by atoms with E-state index < -0.39 is 0 Å². The predicted molar refractivity (Wildman–Crippen MR) is 96.0 cm³/mol. The molecule has 2 atom stereocenters. The number of carbonyl (C=O) groups is 1. The molecular formula is C18H23ClN4O. The predicted octanol–water partition coefficient (Wildman–Crippen LogP) is 2.80. The van der Waals surface area contributed by atoms with Crippen molar-refractivity contribution >= 4 is 23.3 Å². The van der Waals surface area contributed by atoms with Gasteiger partial charge in [0.1, 0.15) is 5.82 Å². The molecule has 0 radical (unpaired) electrons. The van der Waals surface area contributed by atoms with Gasteiger partial charge >= 0.3 is 0 Å². The minimum absolute atomic E-state index is 0.00672. The van der Waals surface area contributed by atoms with Crippen LogP contribution in [0, 0.1) is 11.8 Å². The molecule has 24 heavy (non-hydrogen) atoms. The topological polar surface area (TPSA) is 41.4 Å². The minimum atomic E-state index is -0.00672. The van der Waals surface area contributed by atoms with Gasteiger partial charge in [0.25, 0.3) is 0 Å². The Morgan fingerprint density at radius 3 is 2.83 bits per heavy atom. The Morgan fingerprint density at radius 2 is 2.21 bits per heavy atom. The van der Waals surface area contributed by atoms with Crippen molar-refractivity contribution in [1.29, 1.82) is 0 Å². The maximum atomic E-state index is 12.9. The average Bonchev–Trinajstić information content (AvgIpc) is 3.10. The van der Waals surface area contributed by atoms with Crippen LogP contribution in [-0.4, -0.2) is 40.5 Å². The summed E-state index contributed by atoms with van der Waals surface area (Å²) < 4.78 is 1.96. The number of aromatic nitrogens is 2. The molecule has 0 aromatic carbocycles. The monoisotopic (exact) mass is 346 g/mol. The van der Waals surface area contributed by atoms with Crippen LogP contribution in [0.15, 0.2) is 36.7 Å². The van der Waals surface area contributed by atoms with Crippen LogP contribution in [0.25, 0.3) is 0 Å². The number of anilines is 1. The second-order valence-electron chi connectivity index (χ2n) is 6.63. The average molecular weight is 347 g/mol. The van der Waals surface area contributed by atoms with Gasteiger partial charge in [-0.1, -0.05) is 24.6 Å². The molecule has 2 aromatic heterocycles. The number of nitrogens with zero attached hydrogens (tertiary/aromatic N) is 4. The molecule has 0 aliphatic carbocycles. The number of hydrogen-bond acceptors (Lipinski definition) is 3. The molecule has 128 valence electrons. The van der Waals surface area contributed by atoms with Gasteiger partial charge in [0, 0.05) is 45.3 Å². The van der Waals surface area contributed by atoms with Gasteiger partial charge in [0.2, 0.25) is 5.91 Å². The van der Waals surface area contributed by atoms with E-state index in [0.717, 1.165) is 24.6 Å². The van der Waals surface area contributed by atoms with Crippen molar-refractivity contribution in [3.8, 4) is 0 Å². The highest BCUT2D eigenvalue weighted by molar-refractivity contribution is 6.30. The molecule has 0 unspecified atom stereocenters. The van der Waals surface area contributed by atoms with Crippen molar-refractivity contribution in [2.75, 3.05) is 25.0 Å². The van der Waals surface area contributed by atoms with Crippen molar-refractivity contribution in [2.24, 2.45) is 18.9 Å². The van der Waals surface area contributed by atoms with E-state index in [0.29, 0.717) is 17.5 Å². The van der Waals surface area contributed by atoms with Crippen LogP contribution in [0.3, 0.4) is 0 Å². The SMILES string of the molecule is C[C@@H]1CN(c2ccccn2)C[C@H]1C(=O)N(C)Cc1cc(Cl)cn1C. The molecule has 0 bridgehead atoms. The summed E-state index contributed by atoms with van der Waals surface area (Å²) in [5.74, 6) is 1.42. The first-order valence-corrected chi connectivity index (χ1v) is 8.55. The third-order valence-corrected chi connectivity index (χ3v) is 4.96. The van der Waals surface area contributed by atoms with Gasteiger partial charge in [0.05, 0.1) is 17.5 Å². The van der Waals surface area contributed by atoms with Gasteiger partial charge in [-0.05, 0) is 24.1 Å². The summed E-state index contributed by atoms with van der Waals surface area (Å²) in [4.78, 5) is 21.3. The molecule has 3 heterocycles. The molecule has 5 nitrogen and oxygen atoms in total. The fourth-order valence-corrected chi connectivity index (χ4v) is 3.62. The fourth-order valence-electron chi connectivity index (χ4n) is 3.34. The normalized spacial score (nSPS) is 20.4. The summed E-state index contributed by atoms with van der Waals surface area (Å²) >= 11 is 6.03. The number of aryl methyl sites for hydroxylation is 1. The lowest BCUT2D eigenvalue weighted by molar-refractivity contribution is -0.135. The Labute approximate surface area is 147 Å².